The molecule has 0 N–H and O–H groups in total. The minimum absolute atomic E-state index is 0.362. The number of aromatic nitrogens is 1. The number of anilines is 2. The van der Waals surface area contributed by atoms with Crippen molar-refractivity contribution in [3.63, 3.8) is 0 Å². The van der Waals surface area contributed by atoms with Gasteiger partial charge < -0.3 is 4.81 Å². The second kappa shape index (κ2) is 5.59. The maximum Gasteiger partial charge on any atom is 0.333 e. The summed E-state index contributed by atoms with van der Waals surface area (Å²) in [6, 6.07) is 29.7. The summed E-state index contributed by atoms with van der Waals surface area (Å²) in [7, 11) is -0.510. The standard InChI is InChI=1S/C25H19BN2P/c1-17-12-13-23-22(15-17)28-21-11-6-14-27-16-18-7-5-10-20(24(18)25(21)27)26(28)29(23)19-8-3-2-4-9-19/h2-15H,16H2,1H3/q+1. The van der Waals surface area contributed by atoms with E-state index in [-0.39, 0.29) is 0 Å². The van der Waals surface area contributed by atoms with Crippen LogP contribution in [0, 0.1) is 6.92 Å². The monoisotopic (exact) mass is 389 g/mol. The van der Waals surface area contributed by atoms with Crippen LogP contribution in [0.1, 0.15) is 11.1 Å². The summed E-state index contributed by atoms with van der Waals surface area (Å²) in [6.07, 6.45) is 2.23. The highest BCUT2D eigenvalue weighted by Crippen LogP contribution is 2.55. The first-order valence-electron chi connectivity index (χ1n) is 10.2. The lowest BCUT2D eigenvalue weighted by atomic mass is 9.70. The van der Waals surface area contributed by atoms with E-state index in [0.29, 0.717) is 6.57 Å². The molecule has 0 saturated heterocycles. The summed E-state index contributed by atoms with van der Waals surface area (Å²) in [5.74, 6) is 0. The molecule has 0 saturated carbocycles. The number of rotatable bonds is 1. The van der Waals surface area contributed by atoms with Crippen molar-refractivity contribution in [1.29, 1.82) is 0 Å². The van der Waals surface area contributed by atoms with E-state index >= 15 is 0 Å². The largest absolute Gasteiger partial charge is 0.371 e. The zero-order chi connectivity index (χ0) is 19.1. The van der Waals surface area contributed by atoms with Gasteiger partial charge in [0.2, 0.25) is 5.69 Å². The molecule has 0 aliphatic carbocycles. The van der Waals surface area contributed by atoms with Crippen LogP contribution in [-0.4, -0.2) is 6.57 Å². The second-order valence-electron chi connectivity index (χ2n) is 8.19. The first kappa shape index (κ1) is 16.0. The van der Waals surface area contributed by atoms with E-state index in [9.17, 15) is 0 Å². The van der Waals surface area contributed by atoms with E-state index < -0.39 is 7.80 Å². The molecule has 1 atom stereocenters. The van der Waals surface area contributed by atoms with Gasteiger partial charge in [-0.25, -0.2) is 0 Å². The fraction of sp³-hybridized carbons (Fsp3) is 0.0800. The van der Waals surface area contributed by atoms with Gasteiger partial charge in [-0.15, -0.1) is 0 Å². The molecule has 1 unspecified atom stereocenters. The van der Waals surface area contributed by atoms with Crippen LogP contribution in [0.4, 0.5) is 11.4 Å². The number of fused-ring (bicyclic) bond motifs is 5. The maximum atomic E-state index is 2.64. The lowest BCUT2D eigenvalue weighted by Crippen LogP contribution is -2.48. The molecule has 3 aliphatic heterocycles. The van der Waals surface area contributed by atoms with Gasteiger partial charge >= 0.3 is 6.57 Å². The Morgan fingerprint density at radius 2 is 1.79 bits per heavy atom. The van der Waals surface area contributed by atoms with Gasteiger partial charge in [0.25, 0.3) is 0 Å². The normalized spacial score (nSPS) is 17.2. The number of benzene rings is 3. The van der Waals surface area contributed by atoms with Gasteiger partial charge in [0.1, 0.15) is 5.69 Å². The SMILES string of the molecule is Cc1ccc2c(c1)N1B(c3cccc4c3-c3c1ccc[n+]3C4)P2c1ccccc1. The smallest absolute Gasteiger partial charge is 0.333 e. The Bertz CT molecular complexity index is 1320. The van der Waals surface area contributed by atoms with Gasteiger partial charge in [-0.05, 0) is 48.5 Å². The molecule has 0 radical (unpaired) electrons. The highest BCUT2D eigenvalue weighted by Gasteiger charge is 2.52. The molecule has 3 aromatic carbocycles. The average Bonchev–Trinajstić information content (AvgIpc) is 3.30. The highest BCUT2D eigenvalue weighted by molar-refractivity contribution is 8.04. The molecule has 0 spiro atoms. The molecule has 4 heterocycles. The van der Waals surface area contributed by atoms with Crippen LogP contribution in [0.3, 0.4) is 0 Å². The summed E-state index contributed by atoms with van der Waals surface area (Å²) in [4.78, 5) is 2.64. The molecular weight excluding hydrogens is 370 g/mol. The number of hydrogen-bond donors (Lipinski definition) is 0. The minimum Gasteiger partial charge on any atom is -0.371 e. The maximum absolute atomic E-state index is 2.64. The van der Waals surface area contributed by atoms with Gasteiger partial charge in [-0.2, -0.15) is 4.57 Å². The molecule has 4 heteroatoms. The van der Waals surface area contributed by atoms with Crippen LogP contribution in [-0.2, 0) is 6.54 Å². The molecule has 2 nitrogen and oxygen atoms in total. The zero-order valence-corrected chi connectivity index (χ0v) is 17.1. The Labute approximate surface area is 172 Å². The summed E-state index contributed by atoms with van der Waals surface area (Å²) >= 11 is 0. The van der Waals surface area contributed by atoms with Crippen molar-refractivity contribution < 1.29 is 4.57 Å². The molecule has 29 heavy (non-hydrogen) atoms. The van der Waals surface area contributed by atoms with Crippen LogP contribution < -0.4 is 25.4 Å². The molecule has 3 aliphatic rings. The third kappa shape index (κ3) is 1.99. The summed E-state index contributed by atoms with van der Waals surface area (Å²) in [6.45, 7) is 3.55. The lowest BCUT2D eigenvalue weighted by molar-refractivity contribution is -0.671. The Morgan fingerprint density at radius 3 is 2.69 bits per heavy atom. The van der Waals surface area contributed by atoms with Gasteiger partial charge in [-0.1, -0.05) is 60.7 Å². The fourth-order valence-corrected chi connectivity index (χ4v) is 8.34. The lowest BCUT2D eigenvalue weighted by Gasteiger charge is -2.32. The highest BCUT2D eigenvalue weighted by atomic mass is 31.1. The van der Waals surface area contributed by atoms with Crippen LogP contribution in [0.15, 0.2) is 85.1 Å². The van der Waals surface area contributed by atoms with Crippen LogP contribution >= 0.6 is 7.80 Å². The fourth-order valence-electron chi connectivity index (χ4n) is 5.39. The number of nitrogens with zero attached hydrogens (tertiary/aromatic N) is 2. The molecule has 4 aromatic rings. The number of hydrogen-bond acceptors (Lipinski definition) is 1. The van der Waals surface area contributed by atoms with Crippen molar-refractivity contribution in [2.75, 3.05) is 4.81 Å². The first-order chi connectivity index (χ1) is 14.3. The third-order valence-electron chi connectivity index (χ3n) is 6.52. The van der Waals surface area contributed by atoms with Crippen molar-refractivity contribution in [2.24, 2.45) is 0 Å². The van der Waals surface area contributed by atoms with Crippen LogP contribution in [0.25, 0.3) is 11.3 Å². The molecule has 1 aromatic heterocycles. The molecule has 7 rings (SSSR count). The molecule has 136 valence electrons. The van der Waals surface area contributed by atoms with Crippen molar-refractivity contribution in [1.82, 2.24) is 0 Å². The molecular formula is C25H19BN2P+. The van der Waals surface area contributed by atoms with Crippen LogP contribution in [0.2, 0.25) is 0 Å². The molecule has 0 amide bonds. The Balaban J connectivity index is 1.60. The second-order valence-corrected chi connectivity index (χ2v) is 10.4. The Morgan fingerprint density at radius 1 is 0.897 bits per heavy atom. The summed E-state index contributed by atoms with van der Waals surface area (Å²) in [5.41, 5.74) is 9.92. The topological polar surface area (TPSA) is 7.12 Å². The number of pyridine rings is 1. The predicted molar refractivity (Wildman–Crippen MR) is 123 cm³/mol. The summed E-state index contributed by atoms with van der Waals surface area (Å²) < 4.78 is 2.43. The van der Waals surface area contributed by atoms with E-state index in [4.69, 9.17) is 0 Å². The van der Waals surface area contributed by atoms with Gasteiger partial charge in [0.15, 0.2) is 12.7 Å². The first-order valence-corrected chi connectivity index (χ1v) is 11.6. The van der Waals surface area contributed by atoms with E-state index in [0.717, 1.165) is 6.54 Å². The van der Waals surface area contributed by atoms with Crippen molar-refractivity contribution in [3.8, 4) is 11.3 Å². The van der Waals surface area contributed by atoms with E-state index in [1.165, 1.54) is 49.8 Å². The van der Waals surface area contributed by atoms with E-state index in [1.807, 2.05) is 0 Å². The quantitative estimate of drug-likeness (QED) is 0.241. The van der Waals surface area contributed by atoms with E-state index in [2.05, 4.69) is 101 Å². The molecule has 0 fully saturated rings. The van der Waals surface area contributed by atoms with E-state index in [1.54, 1.807) is 0 Å². The summed E-state index contributed by atoms with van der Waals surface area (Å²) in [5, 5.41) is 2.96. The Hall–Kier alpha value is -2.90. The zero-order valence-electron chi connectivity index (χ0n) is 16.2. The van der Waals surface area contributed by atoms with Gasteiger partial charge in [0, 0.05) is 17.3 Å². The predicted octanol–water partition coefficient (Wildman–Crippen LogP) is 3.60. The van der Waals surface area contributed by atoms with Gasteiger partial charge in [-0.3, -0.25) is 0 Å². The number of aryl methyl sites for hydroxylation is 1. The minimum atomic E-state index is -0.510. The van der Waals surface area contributed by atoms with Crippen molar-refractivity contribution in [2.45, 2.75) is 13.5 Å². The Kier molecular flexibility index (Phi) is 3.07. The van der Waals surface area contributed by atoms with Gasteiger partial charge in [0.05, 0.1) is 5.56 Å². The van der Waals surface area contributed by atoms with Crippen LogP contribution in [0.5, 0.6) is 0 Å². The van der Waals surface area contributed by atoms with Crippen molar-refractivity contribution >= 4 is 41.8 Å². The van der Waals surface area contributed by atoms with Crippen molar-refractivity contribution in [3.05, 3.63) is 96.2 Å². The third-order valence-corrected chi connectivity index (χ3v) is 9.27. The average molecular weight is 389 g/mol. The molecule has 0 bridgehead atoms.